The van der Waals surface area contributed by atoms with E-state index in [-0.39, 0.29) is 5.82 Å². The smallest absolute Gasteiger partial charge is 0.125 e. The summed E-state index contributed by atoms with van der Waals surface area (Å²) in [5.41, 5.74) is 2.27. The Morgan fingerprint density at radius 1 is 1.35 bits per heavy atom. The van der Waals surface area contributed by atoms with Gasteiger partial charge in [-0.15, -0.1) is 11.3 Å². The van der Waals surface area contributed by atoms with Gasteiger partial charge in [0, 0.05) is 11.4 Å². The first-order valence-corrected chi connectivity index (χ1v) is 6.04. The van der Waals surface area contributed by atoms with Crippen LogP contribution in [0.3, 0.4) is 0 Å². The van der Waals surface area contributed by atoms with Gasteiger partial charge in [0.1, 0.15) is 5.82 Å². The van der Waals surface area contributed by atoms with Gasteiger partial charge in [-0.05, 0) is 47.8 Å². The molecule has 4 heteroatoms. The van der Waals surface area contributed by atoms with Crippen LogP contribution in [0.5, 0.6) is 0 Å². The highest BCUT2D eigenvalue weighted by atomic mass is 32.1. The molecule has 0 amide bonds. The van der Waals surface area contributed by atoms with Gasteiger partial charge in [-0.25, -0.2) is 4.39 Å². The topological polar surface area (TPSA) is 35.8 Å². The first-order valence-electron chi connectivity index (χ1n) is 5.16. The summed E-state index contributed by atoms with van der Waals surface area (Å²) >= 11 is 1.55. The molecule has 0 unspecified atom stereocenters. The SMILES string of the molecule is CNCc1csc(-c2cc(F)cc(C#N)c2)c1. The Hall–Kier alpha value is -1.70. The Balaban J connectivity index is 2.38. The number of rotatable bonds is 3. The second kappa shape index (κ2) is 5.09. The highest BCUT2D eigenvalue weighted by molar-refractivity contribution is 7.13. The lowest BCUT2D eigenvalue weighted by Crippen LogP contribution is -2.03. The quantitative estimate of drug-likeness (QED) is 0.903. The molecule has 0 saturated heterocycles. The molecule has 0 aliphatic rings. The summed E-state index contributed by atoms with van der Waals surface area (Å²) < 4.78 is 13.3. The lowest BCUT2D eigenvalue weighted by Gasteiger charge is -1.99. The van der Waals surface area contributed by atoms with Gasteiger partial charge < -0.3 is 5.32 Å². The van der Waals surface area contributed by atoms with Gasteiger partial charge in [0.2, 0.25) is 0 Å². The molecule has 0 aliphatic carbocycles. The molecule has 0 radical (unpaired) electrons. The molecule has 2 rings (SSSR count). The zero-order valence-corrected chi connectivity index (χ0v) is 10.1. The molecule has 1 aromatic carbocycles. The number of nitrogens with one attached hydrogen (secondary N) is 1. The van der Waals surface area contributed by atoms with Crippen LogP contribution < -0.4 is 5.32 Å². The second-order valence-corrected chi connectivity index (χ2v) is 4.60. The minimum atomic E-state index is -0.373. The van der Waals surface area contributed by atoms with Crippen LogP contribution >= 0.6 is 11.3 Å². The first-order chi connectivity index (χ1) is 8.22. The van der Waals surface area contributed by atoms with Crippen molar-refractivity contribution in [1.29, 1.82) is 5.26 Å². The fourth-order valence-corrected chi connectivity index (χ4v) is 2.52. The lowest BCUT2D eigenvalue weighted by atomic mass is 10.1. The molecule has 0 atom stereocenters. The van der Waals surface area contributed by atoms with Crippen LogP contribution in [0.2, 0.25) is 0 Å². The van der Waals surface area contributed by atoms with E-state index >= 15 is 0 Å². The molecule has 0 spiro atoms. The van der Waals surface area contributed by atoms with E-state index in [0.29, 0.717) is 5.56 Å². The molecule has 2 aromatic rings. The van der Waals surface area contributed by atoms with Crippen molar-refractivity contribution in [2.24, 2.45) is 0 Å². The van der Waals surface area contributed by atoms with Crippen LogP contribution in [-0.4, -0.2) is 7.05 Å². The van der Waals surface area contributed by atoms with Crippen molar-refractivity contribution >= 4 is 11.3 Å². The van der Waals surface area contributed by atoms with Gasteiger partial charge >= 0.3 is 0 Å². The third kappa shape index (κ3) is 2.70. The van der Waals surface area contributed by atoms with Crippen LogP contribution in [0.4, 0.5) is 4.39 Å². The largest absolute Gasteiger partial charge is 0.316 e. The summed E-state index contributed by atoms with van der Waals surface area (Å²) in [4.78, 5) is 0.978. The van der Waals surface area contributed by atoms with Crippen molar-refractivity contribution in [3.8, 4) is 16.5 Å². The van der Waals surface area contributed by atoms with Gasteiger partial charge in [0.25, 0.3) is 0 Å². The standard InChI is InChI=1S/C13H11FN2S/c1-16-7-10-4-13(17-8-10)11-2-9(6-15)3-12(14)5-11/h2-5,8,16H,7H2,1H3. The van der Waals surface area contributed by atoms with Crippen molar-refractivity contribution in [3.63, 3.8) is 0 Å². The highest BCUT2D eigenvalue weighted by Gasteiger charge is 2.06. The molecule has 0 fully saturated rings. The van der Waals surface area contributed by atoms with Crippen LogP contribution in [0.25, 0.3) is 10.4 Å². The first kappa shape index (κ1) is 11.8. The molecule has 86 valence electrons. The summed E-state index contributed by atoms with van der Waals surface area (Å²) in [5.74, 6) is -0.373. The maximum atomic E-state index is 13.3. The van der Waals surface area contributed by atoms with Gasteiger partial charge in [-0.3, -0.25) is 0 Å². The number of nitriles is 1. The third-order valence-electron chi connectivity index (χ3n) is 2.35. The fraction of sp³-hybridized carbons (Fsp3) is 0.154. The van der Waals surface area contributed by atoms with Crippen molar-refractivity contribution in [1.82, 2.24) is 5.32 Å². The van der Waals surface area contributed by atoms with Crippen LogP contribution in [0.15, 0.2) is 29.6 Å². The molecule has 1 N–H and O–H groups in total. The summed E-state index contributed by atoms with van der Waals surface area (Å²) in [7, 11) is 1.88. The maximum absolute atomic E-state index is 13.3. The monoisotopic (exact) mass is 246 g/mol. The summed E-state index contributed by atoms with van der Waals surface area (Å²) in [5, 5.41) is 13.9. The van der Waals surface area contributed by atoms with E-state index in [2.05, 4.69) is 5.32 Å². The van der Waals surface area contributed by atoms with Crippen LogP contribution in [-0.2, 0) is 6.54 Å². The van der Waals surface area contributed by atoms with E-state index in [1.54, 1.807) is 17.4 Å². The van der Waals surface area contributed by atoms with Gasteiger partial charge in [-0.1, -0.05) is 0 Å². The molecule has 0 bridgehead atoms. The van der Waals surface area contributed by atoms with Crippen LogP contribution in [0, 0.1) is 17.1 Å². The van der Waals surface area contributed by atoms with E-state index in [1.807, 2.05) is 24.6 Å². The Bertz CT molecular complexity index is 569. The van der Waals surface area contributed by atoms with E-state index in [9.17, 15) is 4.39 Å². The molecule has 0 aliphatic heterocycles. The summed E-state index contributed by atoms with van der Waals surface area (Å²) in [6.07, 6.45) is 0. The van der Waals surface area contributed by atoms with Crippen molar-refractivity contribution in [3.05, 3.63) is 46.6 Å². The molecule has 0 saturated carbocycles. The fourth-order valence-electron chi connectivity index (χ4n) is 1.62. The lowest BCUT2D eigenvalue weighted by molar-refractivity contribution is 0.628. The zero-order valence-electron chi connectivity index (χ0n) is 9.33. The number of thiophene rings is 1. The molecule has 2 nitrogen and oxygen atoms in total. The van der Waals surface area contributed by atoms with Crippen molar-refractivity contribution in [2.75, 3.05) is 7.05 Å². The average molecular weight is 246 g/mol. The minimum Gasteiger partial charge on any atom is -0.316 e. The second-order valence-electron chi connectivity index (χ2n) is 3.69. The molecular weight excluding hydrogens is 235 g/mol. The van der Waals surface area contributed by atoms with Gasteiger partial charge in [0.15, 0.2) is 0 Å². The number of halogens is 1. The van der Waals surface area contributed by atoms with Gasteiger partial charge in [-0.2, -0.15) is 5.26 Å². The summed E-state index contributed by atoms with van der Waals surface area (Å²) in [6, 6.07) is 8.38. The van der Waals surface area contributed by atoms with E-state index in [4.69, 9.17) is 5.26 Å². The van der Waals surface area contributed by atoms with E-state index in [0.717, 1.165) is 22.5 Å². The van der Waals surface area contributed by atoms with Crippen molar-refractivity contribution < 1.29 is 4.39 Å². The van der Waals surface area contributed by atoms with Gasteiger partial charge in [0.05, 0.1) is 11.6 Å². The Labute approximate surface area is 103 Å². The number of nitrogens with zero attached hydrogens (tertiary/aromatic N) is 1. The normalized spacial score (nSPS) is 10.2. The average Bonchev–Trinajstić information content (AvgIpc) is 2.77. The number of hydrogen-bond donors (Lipinski definition) is 1. The Morgan fingerprint density at radius 3 is 2.88 bits per heavy atom. The highest BCUT2D eigenvalue weighted by Crippen LogP contribution is 2.28. The van der Waals surface area contributed by atoms with E-state index < -0.39 is 0 Å². The predicted octanol–water partition coefficient (Wildman–Crippen LogP) is 3.15. The molecule has 1 heterocycles. The number of benzene rings is 1. The third-order valence-corrected chi connectivity index (χ3v) is 3.37. The maximum Gasteiger partial charge on any atom is 0.125 e. The van der Waals surface area contributed by atoms with Crippen LogP contribution in [0.1, 0.15) is 11.1 Å². The van der Waals surface area contributed by atoms with E-state index in [1.165, 1.54) is 12.1 Å². The Kier molecular flexibility index (Phi) is 3.52. The number of hydrogen-bond acceptors (Lipinski definition) is 3. The molecule has 1 aromatic heterocycles. The Morgan fingerprint density at radius 2 is 2.18 bits per heavy atom. The zero-order chi connectivity index (χ0) is 12.3. The molecule has 17 heavy (non-hydrogen) atoms. The predicted molar refractivity (Wildman–Crippen MR) is 67.2 cm³/mol. The van der Waals surface area contributed by atoms with Crippen molar-refractivity contribution in [2.45, 2.75) is 6.54 Å². The summed E-state index contributed by atoms with van der Waals surface area (Å²) in [6.45, 7) is 0.789. The molecular formula is C13H11FN2S. The minimum absolute atomic E-state index is 0.351.